The Bertz CT molecular complexity index is 754. The first-order valence-electron chi connectivity index (χ1n) is 10.2. The summed E-state index contributed by atoms with van der Waals surface area (Å²) in [6.45, 7) is 18.8. The lowest BCUT2D eigenvalue weighted by Gasteiger charge is -2.41. The second-order valence-electron chi connectivity index (χ2n) is 9.56. The van der Waals surface area contributed by atoms with Crippen LogP contribution >= 0.6 is 0 Å². The van der Waals surface area contributed by atoms with Gasteiger partial charge in [0.25, 0.3) is 0 Å². The zero-order valence-corrected chi connectivity index (χ0v) is 19.8. The maximum absolute atomic E-state index is 13.4. The van der Waals surface area contributed by atoms with Crippen molar-refractivity contribution in [1.29, 1.82) is 0 Å². The summed E-state index contributed by atoms with van der Waals surface area (Å²) in [6, 6.07) is 9.52. The number of imide groups is 1. The van der Waals surface area contributed by atoms with Gasteiger partial charge in [-0.05, 0) is 37.0 Å². The van der Waals surface area contributed by atoms with Crippen LogP contribution in [0.5, 0.6) is 0 Å². The lowest BCUT2D eigenvalue weighted by Crippen LogP contribution is -2.50. The Morgan fingerprint density at radius 3 is 2.41 bits per heavy atom. The number of amides is 2. The highest BCUT2D eigenvalue weighted by Crippen LogP contribution is 2.39. The van der Waals surface area contributed by atoms with E-state index in [9.17, 15) is 9.59 Å². The summed E-state index contributed by atoms with van der Waals surface area (Å²) in [7, 11) is -2.12. The predicted octanol–water partition coefficient (Wildman–Crippen LogP) is 5.18. The van der Waals surface area contributed by atoms with Gasteiger partial charge in [0.2, 0.25) is 5.91 Å². The van der Waals surface area contributed by atoms with E-state index in [2.05, 4.69) is 40.4 Å². The zero-order chi connectivity index (χ0) is 22.0. The minimum absolute atomic E-state index is 0.00584. The molecule has 2 rings (SSSR count). The second kappa shape index (κ2) is 8.84. The molecule has 1 saturated heterocycles. The molecule has 6 heteroatoms. The molecule has 0 radical (unpaired) electrons. The third-order valence-electron chi connectivity index (χ3n) is 6.07. The number of carbonyl (C=O) groups excluding carboxylic acids is 2. The highest BCUT2D eigenvalue weighted by Gasteiger charge is 2.45. The molecule has 1 aromatic rings. The molecule has 1 aromatic carbocycles. The van der Waals surface area contributed by atoms with Gasteiger partial charge in [0.1, 0.15) is 6.61 Å². The summed E-state index contributed by atoms with van der Waals surface area (Å²) < 4.78 is 11.8. The van der Waals surface area contributed by atoms with Crippen LogP contribution in [0.25, 0.3) is 0 Å². The molecular formula is C23H35NO4Si. The second-order valence-corrected chi connectivity index (χ2v) is 14.3. The van der Waals surface area contributed by atoms with E-state index in [0.717, 1.165) is 11.1 Å². The van der Waals surface area contributed by atoms with E-state index in [1.54, 1.807) is 0 Å². The van der Waals surface area contributed by atoms with Crippen molar-refractivity contribution in [2.75, 3.05) is 6.61 Å². The van der Waals surface area contributed by atoms with Crippen LogP contribution in [0.1, 0.15) is 40.2 Å². The SMILES string of the molecule is C=C(C)[C@H](O[Si](C)(C)C(C)(C)C)[C@@H](C)C(=O)N1C(=O)OC[C@H]1Cc1ccccc1. The minimum atomic E-state index is -2.12. The van der Waals surface area contributed by atoms with Gasteiger partial charge < -0.3 is 9.16 Å². The molecule has 2 amide bonds. The van der Waals surface area contributed by atoms with Crippen molar-refractivity contribution in [3.8, 4) is 0 Å². The number of rotatable bonds is 7. The molecule has 1 heterocycles. The van der Waals surface area contributed by atoms with E-state index in [0.29, 0.717) is 6.42 Å². The number of nitrogens with zero attached hydrogens (tertiary/aromatic N) is 1. The fourth-order valence-electron chi connectivity index (χ4n) is 3.24. The molecule has 1 aliphatic heterocycles. The fraction of sp³-hybridized carbons (Fsp3) is 0.565. The third kappa shape index (κ3) is 5.37. The molecule has 0 saturated carbocycles. The molecule has 160 valence electrons. The van der Waals surface area contributed by atoms with Gasteiger partial charge in [-0.2, -0.15) is 0 Å². The van der Waals surface area contributed by atoms with Crippen LogP contribution in [0, 0.1) is 5.92 Å². The quantitative estimate of drug-likeness (QED) is 0.453. The zero-order valence-electron chi connectivity index (χ0n) is 18.8. The first kappa shape index (κ1) is 23.4. The van der Waals surface area contributed by atoms with Crippen molar-refractivity contribution in [2.24, 2.45) is 5.92 Å². The number of carbonyl (C=O) groups is 2. The van der Waals surface area contributed by atoms with Crippen LogP contribution in [0.15, 0.2) is 42.5 Å². The van der Waals surface area contributed by atoms with Gasteiger partial charge in [-0.3, -0.25) is 4.79 Å². The molecule has 1 fully saturated rings. The number of benzene rings is 1. The van der Waals surface area contributed by atoms with Gasteiger partial charge in [-0.15, -0.1) is 0 Å². The lowest BCUT2D eigenvalue weighted by atomic mass is 9.96. The normalized spacial score (nSPS) is 19.6. The van der Waals surface area contributed by atoms with Crippen molar-refractivity contribution < 1.29 is 18.8 Å². The van der Waals surface area contributed by atoms with Crippen molar-refractivity contribution in [2.45, 2.75) is 71.3 Å². The summed E-state index contributed by atoms with van der Waals surface area (Å²) in [5.74, 6) is -0.786. The van der Waals surface area contributed by atoms with E-state index >= 15 is 0 Å². The summed E-state index contributed by atoms with van der Waals surface area (Å²) in [4.78, 5) is 27.0. The van der Waals surface area contributed by atoms with Crippen LogP contribution in [0.3, 0.4) is 0 Å². The number of ether oxygens (including phenoxy) is 1. The molecule has 0 bridgehead atoms. The Morgan fingerprint density at radius 2 is 1.90 bits per heavy atom. The number of hydrogen-bond donors (Lipinski definition) is 0. The van der Waals surface area contributed by atoms with Crippen molar-refractivity contribution in [1.82, 2.24) is 4.90 Å². The van der Waals surface area contributed by atoms with Crippen molar-refractivity contribution in [3.63, 3.8) is 0 Å². The Balaban J connectivity index is 2.22. The molecule has 0 aromatic heterocycles. The van der Waals surface area contributed by atoms with Gasteiger partial charge in [-0.25, -0.2) is 9.69 Å². The van der Waals surface area contributed by atoms with Crippen LogP contribution < -0.4 is 0 Å². The van der Waals surface area contributed by atoms with E-state index in [-0.39, 0.29) is 23.6 Å². The Morgan fingerprint density at radius 1 is 1.31 bits per heavy atom. The summed E-state index contributed by atoms with van der Waals surface area (Å²) in [6.07, 6.45) is -0.434. The largest absolute Gasteiger partial charge is 0.447 e. The average Bonchev–Trinajstić information content (AvgIpc) is 2.98. The molecule has 5 nitrogen and oxygen atoms in total. The number of hydrogen-bond acceptors (Lipinski definition) is 4. The maximum atomic E-state index is 13.4. The van der Waals surface area contributed by atoms with E-state index in [4.69, 9.17) is 9.16 Å². The van der Waals surface area contributed by atoms with Gasteiger partial charge in [0.15, 0.2) is 8.32 Å². The molecule has 1 aliphatic rings. The van der Waals surface area contributed by atoms with Gasteiger partial charge >= 0.3 is 6.09 Å². The Kier molecular flexibility index (Phi) is 7.12. The van der Waals surface area contributed by atoms with Gasteiger partial charge in [0, 0.05) is 0 Å². The lowest BCUT2D eigenvalue weighted by molar-refractivity contribution is -0.135. The Hall–Kier alpha value is -1.92. The van der Waals surface area contributed by atoms with Crippen LogP contribution in [-0.4, -0.2) is 44.0 Å². The predicted molar refractivity (Wildman–Crippen MR) is 118 cm³/mol. The molecule has 0 N–H and O–H groups in total. The molecule has 0 spiro atoms. The first-order chi connectivity index (χ1) is 13.3. The smallest absolute Gasteiger partial charge is 0.416 e. The Labute approximate surface area is 176 Å². The van der Waals surface area contributed by atoms with Crippen LogP contribution in [-0.2, 0) is 20.4 Å². The maximum Gasteiger partial charge on any atom is 0.416 e. The highest BCUT2D eigenvalue weighted by molar-refractivity contribution is 6.74. The molecule has 29 heavy (non-hydrogen) atoms. The fourth-order valence-corrected chi connectivity index (χ4v) is 4.63. The van der Waals surface area contributed by atoms with E-state index in [1.807, 2.05) is 44.2 Å². The highest BCUT2D eigenvalue weighted by atomic mass is 28.4. The first-order valence-corrected chi connectivity index (χ1v) is 13.1. The third-order valence-corrected chi connectivity index (χ3v) is 10.5. The van der Waals surface area contributed by atoms with E-state index in [1.165, 1.54) is 4.90 Å². The van der Waals surface area contributed by atoms with Crippen LogP contribution in [0.4, 0.5) is 4.79 Å². The average molecular weight is 418 g/mol. The van der Waals surface area contributed by atoms with E-state index < -0.39 is 26.4 Å². The molecule has 0 aliphatic carbocycles. The molecule has 3 atom stereocenters. The monoisotopic (exact) mass is 417 g/mol. The number of cyclic esters (lactones) is 1. The van der Waals surface area contributed by atoms with Crippen LogP contribution in [0.2, 0.25) is 18.1 Å². The van der Waals surface area contributed by atoms with Gasteiger partial charge in [0.05, 0.1) is 18.1 Å². The topological polar surface area (TPSA) is 55.8 Å². The summed E-state index contributed by atoms with van der Waals surface area (Å²) in [5, 5.41) is 0.00584. The van der Waals surface area contributed by atoms with Gasteiger partial charge in [-0.1, -0.05) is 70.2 Å². The molecular weight excluding hydrogens is 382 g/mol. The van der Waals surface area contributed by atoms with Crippen molar-refractivity contribution >= 4 is 20.3 Å². The summed E-state index contributed by atoms with van der Waals surface area (Å²) in [5.41, 5.74) is 1.86. The minimum Gasteiger partial charge on any atom is -0.447 e. The molecule has 0 unspecified atom stereocenters. The standard InChI is InChI=1S/C23H35NO4Si/c1-16(2)20(28-29(7,8)23(4,5)6)17(3)21(25)24-19(15-27-22(24)26)14-18-12-10-9-11-13-18/h9-13,17,19-20H,1,14-15H2,2-8H3/t17-,19-,20+/m1/s1. The van der Waals surface area contributed by atoms with Crippen molar-refractivity contribution in [3.05, 3.63) is 48.0 Å². The summed E-state index contributed by atoms with van der Waals surface area (Å²) >= 11 is 0.